The van der Waals surface area contributed by atoms with E-state index in [-0.39, 0.29) is 5.82 Å². The quantitative estimate of drug-likeness (QED) is 0.835. The third-order valence-corrected chi connectivity index (χ3v) is 2.63. The number of benzene rings is 1. The van der Waals surface area contributed by atoms with Crippen LogP contribution in [0.3, 0.4) is 0 Å². The Bertz CT molecular complexity index is 535. The van der Waals surface area contributed by atoms with Gasteiger partial charge in [-0.25, -0.2) is 9.37 Å². The summed E-state index contributed by atoms with van der Waals surface area (Å²) in [7, 11) is 0. The van der Waals surface area contributed by atoms with Gasteiger partial charge >= 0.3 is 0 Å². The first kappa shape index (κ1) is 10.9. The van der Waals surface area contributed by atoms with Crippen LogP contribution in [-0.4, -0.2) is 11.5 Å². The number of rotatable bonds is 2. The fraction of sp³-hybridized carbons (Fsp3) is 0.308. The lowest BCUT2D eigenvalue weighted by Crippen LogP contribution is -2.02. The molecule has 0 spiro atoms. The lowest BCUT2D eigenvalue weighted by Gasteiger charge is -2.09. The Morgan fingerprint density at radius 1 is 1.19 bits per heavy atom. The highest BCUT2D eigenvalue weighted by Gasteiger charge is 2.05. The van der Waals surface area contributed by atoms with Crippen LogP contribution in [0.5, 0.6) is 0 Å². The summed E-state index contributed by atoms with van der Waals surface area (Å²) < 4.78 is 13.4. The molecule has 2 nitrogen and oxygen atoms in total. The molecule has 1 aromatic heterocycles. The number of aromatic nitrogens is 1. The molecule has 0 atom stereocenters. The van der Waals surface area contributed by atoms with Crippen molar-refractivity contribution in [3.8, 4) is 0 Å². The van der Waals surface area contributed by atoms with Crippen LogP contribution in [0.25, 0.3) is 10.9 Å². The van der Waals surface area contributed by atoms with Crippen LogP contribution >= 0.6 is 0 Å². The first-order chi connectivity index (χ1) is 7.61. The molecule has 0 fully saturated rings. The number of anilines is 1. The highest BCUT2D eigenvalue weighted by Crippen LogP contribution is 2.22. The molecule has 0 bridgehead atoms. The van der Waals surface area contributed by atoms with E-state index >= 15 is 0 Å². The largest absolute Gasteiger partial charge is 0.370 e. The fourth-order valence-corrected chi connectivity index (χ4v) is 1.76. The normalized spacial score (nSPS) is 10.8. The molecule has 0 aliphatic heterocycles. The van der Waals surface area contributed by atoms with Crippen LogP contribution in [0.15, 0.2) is 18.2 Å². The van der Waals surface area contributed by atoms with Crippen molar-refractivity contribution in [3.05, 3.63) is 35.1 Å². The van der Waals surface area contributed by atoms with E-state index in [1.165, 1.54) is 6.07 Å². The minimum Gasteiger partial charge on any atom is -0.370 e. The topological polar surface area (TPSA) is 24.9 Å². The van der Waals surface area contributed by atoms with Crippen molar-refractivity contribution >= 4 is 16.7 Å². The number of halogens is 1. The number of fused-ring (bicyclic) bond motifs is 1. The van der Waals surface area contributed by atoms with Gasteiger partial charge in [0.25, 0.3) is 0 Å². The second-order valence-electron chi connectivity index (χ2n) is 3.98. The van der Waals surface area contributed by atoms with Gasteiger partial charge in [-0.1, -0.05) is 0 Å². The van der Waals surface area contributed by atoms with E-state index in [4.69, 9.17) is 0 Å². The number of pyridine rings is 1. The van der Waals surface area contributed by atoms with Gasteiger partial charge < -0.3 is 5.32 Å². The maximum atomic E-state index is 13.4. The van der Waals surface area contributed by atoms with Crippen molar-refractivity contribution < 1.29 is 4.39 Å². The van der Waals surface area contributed by atoms with Crippen molar-refractivity contribution in [2.75, 3.05) is 11.9 Å². The van der Waals surface area contributed by atoms with Crippen molar-refractivity contribution in [3.63, 3.8) is 0 Å². The minimum absolute atomic E-state index is 0.202. The minimum atomic E-state index is -0.202. The molecule has 84 valence electrons. The predicted molar refractivity (Wildman–Crippen MR) is 65.3 cm³/mol. The third-order valence-electron chi connectivity index (χ3n) is 2.63. The molecule has 2 rings (SSSR count). The van der Waals surface area contributed by atoms with E-state index in [2.05, 4.69) is 10.3 Å². The Morgan fingerprint density at radius 2 is 1.88 bits per heavy atom. The number of nitrogens with zero attached hydrogens (tertiary/aromatic N) is 1. The standard InChI is InChI=1S/C13H15FN2/c1-4-15-13-9(3)6-10-5-8(2)11(14)7-12(10)16-13/h5-7H,4H2,1-3H3,(H,15,16). The first-order valence-corrected chi connectivity index (χ1v) is 5.43. The molecule has 0 aliphatic rings. The van der Waals surface area contributed by atoms with Gasteiger partial charge in [-0.2, -0.15) is 0 Å². The van der Waals surface area contributed by atoms with Crippen LogP contribution in [0.4, 0.5) is 10.2 Å². The average molecular weight is 218 g/mol. The highest BCUT2D eigenvalue weighted by atomic mass is 19.1. The molecule has 0 aliphatic carbocycles. The highest BCUT2D eigenvalue weighted by molar-refractivity contribution is 5.82. The lowest BCUT2D eigenvalue weighted by atomic mass is 10.1. The van der Waals surface area contributed by atoms with Gasteiger partial charge in [0.1, 0.15) is 11.6 Å². The van der Waals surface area contributed by atoms with Crippen LogP contribution in [0, 0.1) is 19.7 Å². The van der Waals surface area contributed by atoms with E-state index in [0.717, 1.165) is 23.3 Å². The molecule has 16 heavy (non-hydrogen) atoms. The van der Waals surface area contributed by atoms with Crippen molar-refractivity contribution in [1.82, 2.24) is 4.98 Å². The van der Waals surface area contributed by atoms with Gasteiger partial charge in [-0.05, 0) is 44.0 Å². The van der Waals surface area contributed by atoms with Crippen LogP contribution < -0.4 is 5.32 Å². The molecule has 0 saturated heterocycles. The SMILES string of the molecule is CCNc1nc2cc(F)c(C)cc2cc1C. The summed E-state index contributed by atoms with van der Waals surface area (Å²) in [5.41, 5.74) is 2.44. The zero-order chi connectivity index (χ0) is 11.7. The monoisotopic (exact) mass is 218 g/mol. The van der Waals surface area contributed by atoms with Crippen molar-refractivity contribution in [2.24, 2.45) is 0 Å². The van der Waals surface area contributed by atoms with E-state index < -0.39 is 0 Å². The first-order valence-electron chi connectivity index (χ1n) is 5.43. The van der Waals surface area contributed by atoms with E-state index in [0.29, 0.717) is 11.1 Å². The average Bonchev–Trinajstić information content (AvgIpc) is 2.23. The van der Waals surface area contributed by atoms with Gasteiger partial charge in [0.15, 0.2) is 0 Å². The molecular weight excluding hydrogens is 203 g/mol. The van der Waals surface area contributed by atoms with E-state index in [1.807, 2.05) is 26.0 Å². The zero-order valence-electron chi connectivity index (χ0n) is 9.76. The van der Waals surface area contributed by atoms with Crippen molar-refractivity contribution in [1.29, 1.82) is 0 Å². The van der Waals surface area contributed by atoms with E-state index in [9.17, 15) is 4.39 Å². The molecule has 1 aromatic carbocycles. The number of hydrogen-bond acceptors (Lipinski definition) is 2. The Labute approximate surface area is 94.5 Å². The van der Waals surface area contributed by atoms with Gasteiger partial charge in [-0.15, -0.1) is 0 Å². The van der Waals surface area contributed by atoms with Crippen LogP contribution in [0.2, 0.25) is 0 Å². The fourth-order valence-electron chi connectivity index (χ4n) is 1.76. The zero-order valence-corrected chi connectivity index (χ0v) is 9.76. The third kappa shape index (κ3) is 1.85. The number of aryl methyl sites for hydroxylation is 2. The molecule has 1 heterocycles. The summed E-state index contributed by atoms with van der Waals surface area (Å²) in [6.45, 7) is 6.60. The molecule has 0 radical (unpaired) electrons. The molecule has 0 amide bonds. The molecule has 0 saturated carbocycles. The van der Waals surface area contributed by atoms with Crippen molar-refractivity contribution in [2.45, 2.75) is 20.8 Å². The summed E-state index contributed by atoms with van der Waals surface area (Å²) in [5, 5.41) is 4.15. The Kier molecular flexibility index (Phi) is 2.77. The summed E-state index contributed by atoms with van der Waals surface area (Å²) in [5.74, 6) is 0.629. The smallest absolute Gasteiger partial charge is 0.129 e. The Hall–Kier alpha value is -1.64. The molecule has 2 aromatic rings. The summed E-state index contributed by atoms with van der Waals surface area (Å²) >= 11 is 0. The second-order valence-corrected chi connectivity index (χ2v) is 3.98. The lowest BCUT2D eigenvalue weighted by molar-refractivity contribution is 0.620. The maximum Gasteiger partial charge on any atom is 0.129 e. The molecular formula is C13H15FN2. The summed E-state index contributed by atoms with van der Waals surface area (Å²) in [6, 6.07) is 5.36. The summed E-state index contributed by atoms with van der Waals surface area (Å²) in [4.78, 5) is 4.42. The van der Waals surface area contributed by atoms with Gasteiger partial charge in [-0.3, -0.25) is 0 Å². The number of nitrogens with one attached hydrogen (secondary N) is 1. The Morgan fingerprint density at radius 3 is 2.56 bits per heavy atom. The molecule has 0 unspecified atom stereocenters. The maximum absolute atomic E-state index is 13.4. The van der Waals surface area contributed by atoms with Crippen LogP contribution in [0.1, 0.15) is 18.1 Å². The van der Waals surface area contributed by atoms with Gasteiger partial charge in [0.2, 0.25) is 0 Å². The predicted octanol–water partition coefficient (Wildman–Crippen LogP) is 3.42. The van der Waals surface area contributed by atoms with Gasteiger partial charge in [0.05, 0.1) is 5.52 Å². The summed E-state index contributed by atoms with van der Waals surface area (Å²) in [6.07, 6.45) is 0. The second kappa shape index (κ2) is 4.08. The van der Waals surface area contributed by atoms with Crippen LogP contribution in [-0.2, 0) is 0 Å². The van der Waals surface area contributed by atoms with E-state index in [1.54, 1.807) is 6.92 Å². The molecule has 3 heteroatoms. The Balaban J connectivity index is 2.65. The van der Waals surface area contributed by atoms with Gasteiger partial charge in [0, 0.05) is 18.0 Å². The number of hydrogen-bond donors (Lipinski definition) is 1. The molecule has 1 N–H and O–H groups in total.